The Morgan fingerprint density at radius 3 is 2.60 bits per heavy atom. The largest absolute Gasteiger partial charge is 0.487 e. The summed E-state index contributed by atoms with van der Waals surface area (Å²) in [6, 6.07) is 25.1. The van der Waals surface area contributed by atoms with E-state index in [2.05, 4.69) is 57.7 Å². The minimum Gasteiger partial charge on any atom is -0.487 e. The average Bonchev–Trinajstić information content (AvgIpc) is 2.82. The molecule has 2 aromatic carbocycles. The summed E-state index contributed by atoms with van der Waals surface area (Å²) >= 11 is 0. The molecule has 0 radical (unpaired) electrons. The molecular formula is C25H29N3O2. The second-order valence-corrected chi connectivity index (χ2v) is 7.51. The molecule has 0 saturated carbocycles. The molecule has 2 heterocycles. The Bertz CT molecular complexity index is 883. The molecule has 1 unspecified atom stereocenters. The van der Waals surface area contributed by atoms with Crippen LogP contribution in [0.3, 0.4) is 0 Å². The lowest BCUT2D eigenvalue weighted by atomic mass is 10.1. The zero-order valence-electron chi connectivity index (χ0n) is 17.2. The van der Waals surface area contributed by atoms with E-state index in [0.717, 1.165) is 50.8 Å². The molecule has 0 aliphatic carbocycles. The van der Waals surface area contributed by atoms with E-state index in [1.165, 1.54) is 11.1 Å². The van der Waals surface area contributed by atoms with E-state index >= 15 is 0 Å². The first-order valence-electron chi connectivity index (χ1n) is 10.6. The van der Waals surface area contributed by atoms with Crippen molar-refractivity contribution in [1.29, 1.82) is 0 Å². The molecule has 0 amide bonds. The highest BCUT2D eigenvalue weighted by Gasteiger charge is 2.18. The quantitative estimate of drug-likeness (QED) is 0.588. The van der Waals surface area contributed by atoms with Gasteiger partial charge in [0.1, 0.15) is 12.4 Å². The zero-order valence-corrected chi connectivity index (χ0v) is 17.2. The van der Waals surface area contributed by atoms with E-state index in [-0.39, 0.29) is 6.04 Å². The molecule has 4 rings (SSSR count). The number of rotatable bonds is 9. The van der Waals surface area contributed by atoms with Crippen LogP contribution in [-0.2, 0) is 17.9 Å². The minimum atomic E-state index is 0.266. The summed E-state index contributed by atoms with van der Waals surface area (Å²) in [6.45, 7) is 5.84. The van der Waals surface area contributed by atoms with Gasteiger partial charge in [-0.15, -0.1) is 0 Å². The number of nitrogens with zero attached hydrogens (tertiary/aromatic N) is 2. The van der Waals surface area contributed by atoms with E-state index in [4.69, 9.17) is 9.47 Å². The Morgan fingerprint density at radius 2 is 1.80 bits per heavy atom. The van der Waals surface area contributed by atoms with Crippen molar-refractivity contribution in [2.45, 2.75) is 19.2 Å². The van der Waals surface area contributed by atoms with Crippen molar-refractivity contribution < 1.29 is 9.47 Å². The normalized spacial score (nSPS) is 15.6. The number of hydrogen-bond donors (Lipinski definition) is 1. The average molecular weight is 404 g/mol. The van der Waals surface area contributed by atoms with Crippen LogP contribution in [0.1, 0.15) is 22.9 Å². The van der Waals surface area contributed by atoms with Crippen LogP contribution in [0.5, 0.6) is 5.75 Å². The number of ether oxygens (including phenoxy) is 2. The van der Waals surface area contributed by atoms with Crippen LogP contribution in [0.15, 0.2) is 79.0 Å². The van der Waals surface area contributed by atoms with Gasteiger partial charge in [0.2, 0.25) is 0 Å². The zero-order chi connectivity index (χ0) is 20.4. The Kier molecular flexibility index (Phi) is 7.45. The molecule has 1 fully saturated rings. The number of benzene rings is 2. The maximum Gasteiger partial charge on any atom is 0.130 e. The summed E-state index contributed by atoms with van der Waals surface area (Å²) < 4.78 is 11.4. The lowest BCUT2D eigenvalue weighted by Gasteiger charge is -2.31. The molecule has 3 aromatic rings. The van der Waals surface area contributed by atoms with Gasteiger partial charge >= 0.3 is 0 Å². The van der Waals surface area contributed by atoms with Gasteiger partial charge in [0.15, 0.2) is 0 Å². The first kappa shape index (κ1) is 20.5. The first-order chi connectivity index (χ1) is 14.9. The van der Waals surface area contributed by atoms with Crippen molar-refractivity contribution in [3.05, 3.63) is 95.8 Å². The fourth-order valence-electron chi connectivity index (χ4n) is 3.64. The van der Waals surface area contributed by atoms with Crippen molar-refractivity contribution >= 4 is 0 Å². The topological polar surface area (TPSA) is 46.6 Å². The highest BCUT2D eigenvalue weighted by atomic mass is 16.5. The predicted octanol–water partition coefficient (Wildman–Crippen LogP) is 3.82. The molecule has 1 N–H and O–H groups in total. The van der Waals surface area contributed by atoms with E-state index in [1.807, 2.05) is 30.3 Å². The molecule has 5 heteroatoms. The summed E-state index contributed by atoms with van der Waals surface area (Å²) in [7, 11) is 0. The molecule has 0 spiro atoms. The lowest BCUT2D eigenvalue weighted by molar-refractivity contribution is 0.0333. The molecule has 156 valence electrons. The Balaban J connectivity index is 1.37. The summed E-state index contributed by atoms with van der Waals surface area (Å²) in [5, 5.41) is 3.75. The highest BCUT2D eigenvalue weighted by molar-refractivity contribution is 5.29. The number of pyridine rings is 1. The van der Waals surface area contributed by atoms with Gasteiger partial charge in [-0.2, -0.15) is 0 Å². The monoisotopic (exact) mass is 403 g/mol. The summed E-state index contributed by atoms with van der Waals surface area (Å²) in [4.78, 5) is 6.79. The second-order valence-electron chi connectivity index (χ2n) is 7.51. The minimum absolute atomic E-state index is 0.266. The lowest BCUT2D eigenvalue weighted by Crippen LogP contribution is -2.41. The van der Waals surface area contributed by atoms with Crippen molar-refractivity contribution in [2.24, 2.45) is 0 Å². The van der Waals surface area contributed by atoms with Gasteiger partial charge < -0.3 is 14.8 Å². The molecule has 1 aromatic heterocycles. The van der Waals surface area contributed by atoms with Crippen LogP contribution in [0, 0.1) is 0 Å². The maximum atomic E-state index is 5.93. The van der Waals surface area contributed by atoms with Crippen molar-refractivity contribution in [2.75, 3.05) is 32.8 Å². The van der Waals surface area contributed by atoms with Crippen LogP contribution < -0.4 is 10.1 Å². The summed E-state index contributed by atoms with van der Waals surface area (Å²) in [5.41, 5.74) is 3.44. The van der Waals surface area contributed by atoms with E-state index in [1.54, 1.807) is 6.20 Å². The maximum absolute atomic E-state index is 5.93. The van der Waals surface area contributed by atoms with Crippen LogP contribution in [0.4, 0.5) is 0 Å². The predicted molar refractivity (Wildman–Crippen MR) is 118 cm³/mol. The third kappa shape index (κ3) is 6.13. The smallest absolute Gasteiger partial charge is 0.130 e. The van der Waals surface area contributed by atoms with Crippen LogP contribution in [0.2, 0.25) is 0 Å². The molecule has 5 nitrogen and oxygen atoms in total. The van der Waals surface area contributed by atoms with Gasteiger partial charge in [0.05, 0.1) is 18.9 Å². The van der Waals surface area contributed by atoms with Crippen molar-refractivity contribution in [1.82, 2.24) is 15.2 Å². The van der Waals surface area contributed by atoms with E-state index < -0.39 is 0 Å². The Hall–Kier alpha value is -2.73. The van der Waals surface area contributed by atoms with E-state index in [9.17, 15) is 0 Å². The second kappa shape index (κ2) is 10.9. The van der Waals surface area contributed by atoms with Crippen molar-refractivity contribution in [3.63, 3.8) is 0 Å². The molecule has 1 aliphatic rings. The number of nitrogens with one attached hydrogen (secondary N) is 1. The number of aromatic nitrogens is 1. The third-order valence-electron chi connectivity index (χ3n) is 5.31. The van der Waals surface area contributed by atoms with Gasteiger partial charge in [-0.1, -0.05) is 48.5 Å². The first-order valence-corrected chi connectivity index (χ1v) is 10.6. The standard InChI is InChI=1S/C25H29N3O2/c1-2-8-22(9-3-1)25(19-28-13-15-29-16-14-28)27-18-21-7-6-11-24(17-21)30-20-23-10-4-5-12-26-23/h1-12,17,25,27H,13-16,18-20H2. The molecule has 0 bridgehead atoms. The molecular weight excluding hydrogens is 374 g/mol. The number of hydrogen-bond acceptors (Lipinski definition) is 5. The Morgan fingerprint density at radius 1 is 0.967 bits per heavy atom. The van der Waals surface area contributed by atoms with Gasteiger partial charge in [-0.25, -0.2) is 0 Å². The summed E-state index contributed by atoms with van der Waals surface area (Å²) in [6.07, 6.45) is 1.79. The third-order valence-corrected chi connectivity index (χ3v) is 5.31. The highest BCUT2D eigenvalue weighted by Crippen LogP contribution is 2.18. The SMILES string of the molecule is c1ccc(C(CN2CCOCC2)NCc2cccc(OCc3ccccn3)c2)cc1. The van der Waals surface area contributed by atoms with Gasteiger partial charge in [0.25, 0.3) is 0 Å². The number of morpholine rings is 1. The fraction of sp³-hybridized carbons (Fsp3) is 0.320. The summed E-state index contributed by atoms with van der Waals surface area (Å²) in [5.74, 6) is 0.865. The van der Waals surface area contributed by atoms with Crippen LogP contribution in [-0.4, -0.2) is 42.7 Å². The Labute approximate surface area is 178 Å². The molecule has 1 saturated heterocycles. The van der Waals surface area contributed by atoms with E-state index in [0.29, 0.717) is 6.61 Å². The molecule has 30 heavy (non-hydrogen) atoms. The molecule has 1 atom stereocenters. The van der Waals surface area contributed by atoms with Gasteiger partial charge in [-0.05, 0) is 35.4 Å². The molecule has 1 aliphatic heterocycles. The van der Waals surface area contributed by atoms with Crippen LogP contribution in [0.25, 0.3) is 0 Å². The fourth-order valence-corrected chi connectivity index (χ4v) is 3.64. The van der Waals surface area contributed by atoms with Gasteiger partial charge in [-0.3, -0.25) is 9.88 Å². The van der Waals surface area contributed by atoms with Gasteiger partial charge in [0, 0.05) is 38.4 Å². The van der Waals surface area contributed by atoms with Crippen molar-refractivity contribution in [3.8, 4) is 5.75 Å². The van der Waals surface area contributed by atoms with Crippen LogP contribution >= 0.6 is 0 Å².